The molecule has 2 heteroatoms. The minimum atomic E-state index is 0.362. The van der Waals surface area contributed by atoms with Crippen LogP contribution in [-0.2, 0) is 0 Å². The van der Waals surface area contributed by atoms with Crippen LogP contribution in [0.1, 0.15) is 29.0 Å². The SMILES string of the molecule is Cc1ccc2c(c1)c1cc(C)ccc1n2-c1ccc(-c2cccc(N(C3=CCC(c4ccccc4)C=C3)c3ccc(-c4ccc(-c5ccccc5)cc4)cc3)c2)cc1. The number of anilines is 2. The molecule has 0 amide bonds. The highest BCUT2D eigenvalue weighted by molar-refractivity contribution is 6.09. The molecule has 58 heavy (non-hydrogen) atoms. The zero-order valence-corrected chi connectivity index (χ0v) is 32.9. The average Bonchev–Trinajstić information content (AvgIpc) is 3.60. The number of allylic oxidation sites excluding steroid dienone is 3. The van der Waals surface area contributed by atoms with Gasteiger partial charge >= 0.3 is 0 Å². The fraction of sp³-hybridized carbons (Fsp3) is 0.0714. The number of fused-ring (bicyclic) bond motifs is 3. The van der Waals surface area contributed by atoms with Gasteiger partial charge in [-0.2, -0.15) is 0 Å². The maximum atomic E-state index is 2.40. The van der Waals surface area contributed by atoms with E-state index >= 15 is 0 Å². The first-order valence-electron chi connectivity index (χ1n) is 20.3. The van der Waals surface area contributed by atoms with Gasteiger partial charge in [-0.05, 0) is 126 Å². The third-order valence-electron chi connectivity index (χ3n) is 11.7. The van der Waals surface area contributed by atoms with Gasteiger partial charge in [0.15, 0.2) is 0 Å². The van der Waals surface area contributed by atoms with Crippen molar-refractivity contribution in [1.29, 1.82) is 0 Å². The van der Waals surface area contributed by atoms with Gasteiger partial charge in [0.1, 0.15) is 0 Å². The highest BCUT2D eigenvalue weighted by Crippen LogP contribution is 2.39. The second-order valence-electron chi connectivity index (χ2n) is 15.5. The van der Waals surface area contributed by atoms with Crippen molar-refractivity contribution in [1.82, 2.24) is 4.57 Å². The van der Waals surface area contributed by atoms with Gasteiger partial charge in [0.25, 0.3) is 0 Å². The molecule has 0 saturated carbocycles. The molecule has 1 atom stereocenters. The molecule has 0 bridgehead atoms. The first-order chi connectivity index (χ1) is 28.6. The highest BCUT2D eigenvalue weighted by atomic mass is 15.1. The summed E-state index contributed by atoms with van der Waals surface area (Å²) < 4.78 is 2.40. The summed E-state index contributed by atoms with van der Waals surface area (Å²) in [5.74, 6) is 0.362. The standard InChI is InChI=1S/C56H44N2/c1-39-16-34-55-53(36-39)54-37-40(2)17-35-56(54)58(55)51-32-26-47(27-33-51)48-14-9-15-52(38-48)57(49-28-22-45(23-29-49)42-12-7-4-8-13-42)50-30-24-46(25-31-50)44-20-18-43(19-21-44)41-10-5-3-6-11-41/h3-22,24-38,45H,23H2,1-2H3. The third-order valence-corrected chi connectivity index (χ3v) is 11.7. The molecule has 1 unspecified atom stereocenters. The molecule has 1 aliphatic carbocycles. The molecule has 9 aromatic rings. The number of rotatable bonds is 8. The molecular formula is C56H44N2. The summed E-state index contributed by atoms with van der Waals surface area (Å²) >= 11 is 0. The molecule has 0 radical (unpaired) electrons. The Hall–Kier alpha value is -7.16. The van der Waals surface area contributed by atoms with Gasteiger partial charge in [0.2, 0.25) is 0 Å². The molecule has 1 aromatic heterocycles. The Bertz CT molecular complexity index is 2890. The van der Waals surface area contributed by atoms with Crippen molar-refractivity contribution in [3.63, 3.8) is 0 Å². The van der Waals surface area contributed by atoms with E-state index in [1.165, 1.54) is 77.6 Å². The normalized spacial score (nSPS) is 13.8. The lowest BCUT2D eigenvalue weighted by atomic mass is 9.91. The van der Waals surface area contributed by atoms with E-state index < -0.39 is 0 Å². The largest absolute Gasteiger partial charge is 0.311 e. The Morgan fingerprint density at radius 1 is 0.448 bits per heavy atom. The Labute approximate surface area is 341 Å². The van der Waals surface area contributed by atoms with Gasteiger partial charge in [0.05, 0.1) is 11.0 Å². The Kier molecular flexibility index (Phi) is 9.16. The molecule has 0 fully saturated rings. The summed E-state index contributed by atoms with van der Waals surface area (Å²) in [6, 6.07) is 70.9. The smallest absolute Gasteiger partial charge is 0.0541 e. The third kappa shape index (κ3) is 6.73. The van der Waals surface area contributed by atoms with Gasteiger partial charge in [-0.3, -0.25) is 0 Å². The summed E-state index contributed by atoms with van der Waals surface area (Å²) in [6.07, 6.45) is 8.00. The van der Waals surface area contributed by atoms with Crippen LogP contribution in [0.5, 0.6) is 0 Å². The maximum absolute atomic E-state index is 2.40. The number of hydrogen-bond donors (Lipinski definition) is 0. The fourth-order valence-electron chi connectivity index (χ4n) is 8.61. The summed E-state index contributed by atoms with van der Waals surface area (Å²) in [5.41, 5.74) is 18.2. The minimum absolute atomic E-state index is 0.362. The van der Waals surface area contributed by atoms with Crippen LogP contribution in [0, 0.1) is 13.8 Å². The maximum Gasteiger partial charge on any atom is 0.0541 e. The van der Waals surface area contributed by atoms with E-state index in [0.717, 1.165) is 23.5 Å². The minimum Gasteiger partial charge on any atom is -0.311 e. The zero-order chi connectivity index (χ0) is 39.0. The first-order valence-corrected chi connectivity index (χ1v) is 20.3. The van der Waals surface area contributed by atoms with Crippen molar-refractivity contribution < 1.29 is 0 Å². The van der Waals surface area contributed by atoms with Gasteiger partial charge in [-0.1, -0.05) is 157 Å². The van der Waals surface area contributed by atoms with Gasteiger partial charge in [-0.15, -0.1) is 0 Å². The molecule has 10 rings (SSSR count). The molecule has 0 saturated heterocycles. The molecule has 8 aromatic carbocycles. The molecule has 1 aliphatic rings. The average molecular weight is 745 g/mol. The number of nitrogens with zero attached hydrogens (tertiary/aromatic N) is 2. The van der Waals surface area contributed by atoms with E-state index in [2.05, 4.69) is 236 Å². The molecular weight excluding hydrogens is 701 g/mol. The lowest BCUT2D eigenvalue weighted by Gasteiger charge is -2.29. The molecule has 0 N–H and O–H groups in total. The predicted molar refractivity (Wildman–Crippen MR) is 246 cm³/mol. The van der Waals surface area contributed by atoms with Crippen molar-refractivity contribution in [3.8, 4) is 39.1 Å². The van der Waals surface area contributed by atoms with E-state index in [9.17, 15) is 0 Å². The van der Waals surface area contributed by atoms with Crippen molar-refractivity contribution in [3.05, 3.63) is 235 Å². The van der Waals surface area contributed by atoms with Crippen molar-refractivity contribution in [2.45, 2.75) is 26.2 Å². The Morgan fingerprint density at radius 3 is 1.55 bits per heavy atom. The van der Waals surface area contributed by atoms with Crippen molar-refractivity contribution in [2.75, 3.05) is 4.90 Å². The number of aryl methyl sites for hydroxylation is 2. The molecule has 278 valence electrons. The van der Waals surface area contributed by atoms with E-state index in [0.29, 0.717) is 5.92 Å². The summed E-state index contributed by atoms with van der Waals surface area (Å²) in [7, 11) is 0. The van der Waals surface area contributed by atoms with Gasteiger partial charge in [-0.25, -0.2) is 0 Å². The van der Waals surface area contributed by atoms with Crippen molar-refractivity contribution >= 4 is 33.2 Å². The number of hydrogen-bond acceptors (Lipinski definition) is 1. The predicted octanol–water partition coefficient (Wildman–Crippen LogP) is 15.2. The van der Waals surface area contributed by atoms with E-state index in [1.807, 2.05) is 0 Å². The fourth-order valence-corrected chi connectivity index (χ4v) is 8.61. The quantitative estimate of drug-likeness (QED) is 0.150. The van der Waals surface area contributed by atoms with E-state index in [-0.39, 0.29) is 0 Å². The van der Waals surface area contributed by atoms with Crippen LogP contribution in [0.3, 0.4) is 0 Å². The van der Waals surface area contributed by atoms with Crippen LogP contribution in [0.15, 0.2) is 218 Å². The van der Waals surface area contributed by atoms with E-state index in [4.69, 9.17) is 0 Å². The topological polar surface area (TPSA) is 8.17 Å². The van der Waals surface area contributed by atoms with Crippen LogP contribution >= 0.6 is 0 Å². The highest BCUT2D eigenvalue weighted by Gasteiger charge is 2.19. The van der Waals surface area contributed by atoms with Crippen LogP contribution < -0.4 is 4.90 Å². The molecule has 0 aliphatic heterocycles. The zero-order valence-electron chi connectivity index (χ0n) is 32.9. The summed E-state index contributed by atoms with van der Waals surface area (Å²) in [4.78, 5) is 2.40. The molecule has 0 spiro atoms. The van der Waals surface area contributed by atoms with E-state index in [1.54, 1.807) is 0 Å². The number of aromatic nitrogens is 1. The van der Waals surface area contributed by atoms with Crippen LogP contribution in [0.25, 0.3) is 60.9 Å². The van der Waals surface area contributed by atoms with Gasteiger partial charge in [0, 0.05) is 39.4 Å². The van der Waals surface area contributed by atoms with Crippen molar-refractivity contribution in [2.24, 2.45) is 0 Å². The Morgan fingerprint density at radius 2 is 0.966 bits per heavy atom. The van der Waals surface area contributed by atoms with Crippen LogP contribution in [-0.4, -0.2) is 4.57 Å². The molecule has 1 heterocycles. The second-order valence-corrected chi connectivity index (χ2v) is 15.5. The summed E-state index contributed by atoms with van der Waals surface area (Å²) in [6.45, 7) is 4.35. The summed E-state index contributed by atoms with van der Waals surface area (Å²) in [5, 5.41) is 2.59. The lowest BCUT2D eigenvalue weighted by Crippen LogP contribution is -2.17. The first kappa shape index (κ1) is 35.3. The second kappa shape index (κ2) is 15.1. The Balaban J connectivity index is 0.989. The van der Waals surface area contributed by atoms with Crippen LogP contribution in [0.2, 0.25) is 0 Å². The van der Waals surface area contributed by atoms with Gasteiger partial charge < -0.3 is 9.47 Å². The lowest BCUT2D eigenvalue weighted by molar-refractivity contribution is 0.840. The molecule has 2 nitrogen and oxygen atoms in total. The van der Waals surface area contributed by atoms with Crippen LogP contribution in [0.4, 0.5) is 11.4 Å². The number of benzene rings is 8. The monoisotopic (exact) mass is 744 g/mol.